The van der Waals surface area contributed by atoms with Crippen LogP contribution >= 0.6 is 0 Å². The number of carbonyl (C=O) groups excluding carboxylic acids is 1. The van der Waals surface area contributed by atoms with E-state index in [1.165, 1.54) is 0 Å². The van der Waals surface area contributed by atoms with E-state index in [2.05, 4.69) is 39.8 Å². The molecular weight excluding hydrogens is 382 g/mol. The minimum Gasteiger partial charge on any atom is -0.476 e. The number of aromatic carboxylic acids is 1. The molecule has 148 valence electrons. The smallest absolute Gasteiger partial charge is 0.411 e. The third-order valence-corrected chi connectivity index (χ3v) is 5.36. The molecule has 0 fully saturated rings. The Labute approximate surface area is 171 Å². The standard InChI is InChI=1S/C23H17N3O4/c27-22(28)21-18-11-13(9-10-20(18)25-26-21)24-23(29)30-12-19-16-7-3-1-5-14(16)15-6-2-4-8-17(15)19/h1-11,19H,12H2,(H,24,29)(H,25,26)(H,27,28). The number of anilines is 1. The number of benzene rings is 3. The van der Waals surface area contributed by atoms with E-state index in [0.29, 0.717) is 16.6 Å². The van der Waals surface area contributed by atoms with Crippen molar-refractivity contribution in [1.82, 2.24) is 10.2 Å². The highest BCUT2D eigenvalue weighted by molar-refractivity contribution is 6.02. The molecule has 1 amide bonds. The Morgan fingerprint density at radius 1 is 1.00 bits per heavy atom. The molecule has 1 aromatic heterocycles. The molecule has 30 heavy (non-hydrogen) atoms. The van der Waals surface area contributed by atoms with Gasteiger partial charge in [-0.05, 0) is 40.5 Å². The third kappa shape index (κ3) is 2.97. The minimum absolute atomic E-state index is 0.0295. The Kier molecular flexibility index (Phi) is 4.21. The molecular formula is C23H17N3O4. The van der Waals surface area contributed by atoms with E-state index in [4.69, 9.17) is 4.74 Å². The highest BCUT2D eigenvalue weighted by atomic mass is 16.5. The molecule has 7 nitrogen and oxygen atoms in total. The minimum atomic E-state index is -1.14. The number of amides is 1. The zero-order chi connectivity index (χ0) is 20.7. The highest BCUT2D eigenvalue weighted by Crippen LogP contribution is 2.44. The van der Waals surface area contributed by atoms with Gasteiger partial charge in [-0.1, -0.05) is 48.5 Å². The van der Waals surface area contributed by atoms with Crippen LogP contribution in [-0.4, -0.2) is 34.0 Å². The first kappa shape index (κ1) is 17.9. The molecule has 3 aromatic carbocycles. The number of fused-ring (bicyclic) bond motifs is 4. The fraction of sp³-hybridized carbons (Fsp3) is 0.0870. The van der Waals surface area contributed by atoms with Gasteiger partial charge in [-0.3, -0.25) is 10.4 Å². The van der Waals surface area contributed by atoms with E-state index in [-0.39, 0.29) is 18.2 Å². The van der Waals surface area contributed by atoms with Gasteiger partial charge in [0.2, 0.25) is 0 Å². The fourth-order valence-electron chi connectivity index (χ4n) is 4.01. The van der Waals surface area contributed by atoms with Crippen molar-refractivity contribution in [2.24, 2.45) is 0 Å². The Balaban J connectivity index is 1.33. The number of carboxylic acid groups (broad SMARTS) is 1. The summed E-state index contributed by atoms with van der Waals surface area (Å²) in [5.74, 6) is -1.17. The number of hydrogen-bond acceptors (Lipinski definition) is 4. The van der Waals surface area contributed by atoms with Gasteiger partial charge in [0.1, 0.15) is 6.61 Å². The van der Waals surface area contributed by atoms with Crippen molar-refractivity contribution in [1.29, 1.82) is 0 Å². The summed E-state index contributed by atoms with van der Waals surface area (Å²) in [6.07, 6.45) is -0.600. The van der Waals surface area contributed by atoms with Crippen LogP contribution in [0.2, 0.25) is 0 Å². The quantitative estimate of drug-likeness (QED) is 0.464. The number of rotatable bonds is 4. The Morgan fingerprint density at radius 2 is 1.67 bits per heavy atom. The lowest BCUT2D eigenvalue weighted by molar-refractivity contribution is 0.0692. The number of carboxylic acids is 1. The maximum atomic E-state index is 12.4. The molecule has 4 aromatic rings. The van der Waals surface area contributed by atoms with Crippen LogP contribution in [0.3, 0.4) is 0 Å². The number of nitrogens with zero attached hydrogens (tertiary/aromatic N) is 1. The van der Waals surface area contributed by atoms with Gasteiger partial charge in [0.25, 0.3) is 0 Å². The molecule has 1 aliphatic carbocycles. The number of carbonyl (C=O) groups is 2. The fourth-order valence-corrected chi connectivity index (χ4v) is 4.01. The number of H-pyrrole nitrogens is 1. The molecule has 1 aliphatic rings. The van der Waals surface area contributed by atoms with Gasteiger partial charge in [-0.15, -0.1) is 0 Å². The summed E-state index contributed by atoms with van der Waals surface area (Å²) in [5.41, 5.74) is 5.51. The maximum absolute atomic E-state index is 12.4. The zero-order valence-corrected chi connectivity index (χ0v) is 15.8. The summed E-state index contributed by atoms with van der Waals surface area (Å²) in [6.45, 7) is 0.203. The van der Waals surface area contributed by atoms with E-state index in [9.17, 15) is 14.7 Å². The Hall–Kier alpha value is -4.13. The van der Waals surface area contributed by atoms with Crippen LogP contribution in [0, 0.1) is 0 Å². The summed E-state index contributed by atoms with van der Waals surface area (Å²) < 4.78 is 5.53. The van der Waals surface area contributed by atoms with E-state index >= 15 is 0 Å². The van der Waals surface area contributed by atoms with Crippen molar-refractivity contribution in [3.05, 3.63) is 83.6 Å². The third-order valence-electron chi connectivity index (χ3n) is 5.36. The van der Waals surface area contributed by atoms with E-state index in [0.717, 1.165) is 22.3 Å². The number of aromatic amines is 1. The van der Waals surface area contributed by atoms with E-state index < -0.39 is 12.1 Å². The van der Waals surface area contributed by atoms with E-state index in [1.807, 2.05) is 24.3 Å². The summed E-state index contributed by atoms with van der Waals surface area (Å²) in [5, 5.41) is 18.7. The summed E-state index contributed by atoms with van der Waals surface area (Å²) >= 11 is 0. The molecule has 3 N–H and O–H groups in total. The molecule has 7 heteroatoms. The molecule has 0 spiro atoms. The highest BCUT2D eigenvalue weighted by Gasteiger charge is 2.29. The van der Waals surface area contributed by atoms with Gasteiger partial charge >= 0.3 is 12.1 Å². The topological polar surface area (TPSA) is 104 Å². The van der Waals surface area contributed by atoms with Crippen molar-refractivity contribution in [2.75, 3.05) is 11.9 Å². The first-order valence-electron chi connectivity index (χ1n) is 9.45. The molecule has 5 rings (SSSR count). The molecule has 0 unspecified atom stereocenters. The summed E-state index contributed by atoms with van der Waals surface area (Å²) in [4.78, 5) is 23.7. The summed E-state index contributed by atoms with van der Waals surface area (Å²) in [7, 11) is 0. The second kappa shape index (κ2) is 7.04. The molecule has 0 bridgehead atoms. The van der Waals surface area contributed by atoms with Crippen molar-refractivity contribution in [3.8, 4) is 11.1 Å². The van der Waals surface area contributed by atoms with Crippen molar-refractivity contribution in [2.45, 2.75) is 5.92 Å². The number of nitrogens with one attached hydrogen (secondary N) is 2. The van der Waals surface area contributed by atoms with Crippen LogP contribution in [0.15, 0.2) is 66.7 Å². The zero-order valence-electron chi connectivity index (χ0n) is 15.8. The van der Waals surface area contributed by atoms with Gasteiger partial charge in [-0.25, -0.2) is 9.59 Å². The van der Waals surface area contributed by atoms with Gasteiger partial charge in [-0.2, -0.15) is 5.10 Å². The first-order chi connectivity index (χ1) is 14.6. The number of aromatic nitrogens is 2. The second-order valence-corrected chi connectivity index (χ2v) is 7.09. The lowest BCUT2D eigenvalue weighted by Gasteiger charge is -2.14. The van der Waals surface area contributed by atoms with Gasteiger partial charge in [0, 0.05) is 17.0 Å². The number of ether oxygens (including phenoxy) is 1. The molecule has 0 atom stereocenters. The molecule has 0 saturated heterocycles. The monoisotopic (exact) mass is 399 g/mol. The van der Waals surface area contributed by atoms with Gasteiger partial charge < -0.3 is 9.84 Å². The number of hydrogen-bond donors (Lipinski definition) is 3. The van der Waals surface area contributed by atoms with Crippen LogP contribution in [0.1, 0.15) is 27.5 Å². The average molecular weight is 399 g/mol. The van der Waals surface area contributed by atoms with Crippen LogP contribution in [-0.2, 0) is 4.74 Å². The largest absolute Gasteiger partial charge is 0.476 e. The molecule has 0 saturated carbocycles. The Morgan fingerprint density at radius 3 is 2.33 bits per heavy atom. The van der Waals surface area contributed by atoms with E-state index in [1.54, 1.807) is 18.2 Å². The Bertz CT molecular complexity index is 1250. The van der Waals surface area contributed by atoms with Crippen LogP contribution in [0.25, 0.3) is 22.0 Å². The second-order valence-electron chi connectivity index (χ2n) is 7.09. The van der Waals surface area contributed by atoms with Crippen LogP contribution in [0.4, 0.5) is 10.5 Å². The lowest BCUT2D eigenvalue weighted by atomic mass is 9.98. The van der Waals surface area contributed by atoms with Crippen molar-refractivity contribution < 1.29 is 19.4 Å². The predicted molar refractivity (Wildman–Crippen MR) is 112 cm³/mol. The first-order valence-corrected chi connectivity index (χ1v) is 9.45. The molecule has 0 radical (unpaired) electrons. The van der Waals surface area contributed by atoms with Crippen LogP contribution < -0.4 is 5.32 Å². The average Bonchev–Trinajstić information content (AvgIpc) is 3.31. The normalized spacial score (nSPS) is 12.4. The van der Waals surface area contributed by atoms with Crippen molar-refractivity contribution >= 4 is 28.7 Å². The lowest BCUT2D eigenvalue weighted by Crippen LogP contribution is -2.17. The SMILES string of the molecule is O=C(Nc1ccc2[nH]nc(C(=O)O)c2c1)OCC1c2ccccc2-c2ccccc21. The summed E-state index contributed by atoms with van der Waals surface area (Å²) in [6, 6.07) is 21.1. The predicted octanol–water partition coefficient (Wildman–Crippen LogP) is 4.62. The molecule has 1 heterocycles. The van der Waals surface area contributed by atoms with Crippen molar-refractivity contribution in [3.63, 3.8) is 0 Å². The van der Waals surface area contributed by atoms with Crippen LogP contribution in [0.5, 0.6) is 0 Å². The molecule has 0 aliphatic heterocycles. The maximum Gasteiger partial charge on any atom is 0.411 e. The van der Waals surface area contributed by atoms with Gasteiger partial charge in [0.15, 0.2) is 5.69 Å². The van der Waals surface area contributed by atoms with Gasteiger partial charge in [0.05, 0.1) is 5.52 Å².